The monoisotopic (exact) mass is 583 g/mol. The van der Waals surface area contributed by atoms with Crippen LogP contribution in [-0.2, 0) is 11.3 Å². The minimum Gasteiger partial charge on any atom is -0.367 e. The van der Waals surface area contributed by atoms with Gasteiger partial charge in [0.1, 0.15) is 24.3 Å². The molecule has 1 saturated heterocycles. The summed E-state index contributed by atoms with van der Waals surface area (Å²) in [6.07, 6.45) is -0.612. The number of piperazine rings is 1. The first-order chi connectivity index (χ1) is 20.2. The van der Waals surface area contributed by atoms with Crippen LogP contribution < -0.4 is 10.6 Å². The molecule has 4 aromatic rings. The molecule has 14 heteroatoms. The molecule has 1 aromatic carbocycles. The number of hydrogen-bond acceptors (Lipinski definition) is 8. The second kappa shape index (κ2) is 11.5. The van der Waals surface area contributed by atoms with Crippen molar-refractivity contribution < 1.29 is 22.4 Å². The van der Waals surface area contributed by atoms with E-state index < -0.39 is 24.3 Å². The summed E-state index contributed by atoms with van der Waals surface area (Å²) >= 11 is 0. The zero-order chi connectivity index (χ0) is 29.3. The SMILES string of the molecule is O=C(CC(F)(F)F)N1CCN(Cc2ccnc(Nc3nc4ccc(-c5ncnc(NCC6CC6)c5F)cc4[nH]3)c2)CC1. The fraction of sp³-hybridized carbons (Fsp3) is 0.393. The van der Waals surface area contributed by atoms with Gasteiger partial charge in [-0.05, 0) is 48.6 Å². The highest BCUT2D eigenvalue weighted by Gasteiger charge is 2.34. The summed E-state index contributed by atoms with van der Waals surface area (Å²) in [4.78, 5) is 35.5. The third-order valence-corrected chi connectivity index (χ3v) is 7.35. The van der Waals surface area contributed by atoms with Gasteiger partial charge in [0.15, 0.2) is 11.6 Å². The molecule has 0 unspecified atom stereocenters. The van der Waals surface area contributed by atoms with Crippen LogP contribution in [0.4, 0.5) is 35.1 Å². The number of rotatable bonds is 9. The average Bonchev–Trinajstić information content (AvgIpc) is 3.69. The lowest BCUT2D eigenvalue weighted by Gasteiger charge is -2.35. The number of aromatic amines is 1. The molecule has 0 atom stereocenters. The molecule has 2 fully saturated rings. The van der Waals surface area contributed by atoms with Crippen LogP contribution in [0.2, 0.25) is 0 Å². The number of carbonyl (C=O) groups is 1. The van der Waals surface area contributed by atoms with Crippen molar-refractivity contribution in [1.29, 1.82) is 0 Å². The van der Waals surface area contributed by atoms with Crippen LogP contribution in [0.1, 0.15) is 24.8 Å². The molecule has 2 aliphatic rings. The quantitative estimate of drug-likeness (QED) is 0.243. The Morgan fingerprint density at radius 3 is 2.62 bits per heavy atom. The predicted octanol–water partition coefficient (Wildman–Crippen LogP) is 4.72. The van der Waals surface area contributed by atoms with E-state index in [1.165, 1.54) is 11.2 Å². The molecule has 220 valence electrons. The van der Waals surface area contributed by atoms with Crippen molar-refractivity contribution in [1.82, 2.24) is 34.7 Å². The third-order valence-electron chi connectivity index (χ3n) is 7.35. The molecule has 1 amide bonds. The number of imidazole rings is 1. The molecular formula is C28H29F4N9O. The van der Waals surface area contributed by atoms with Gasteiger partial charge in [-0.25, -0.2) is 24.3 Å². The van der Waals surface area contributed by atoms with E-state index in [0.717, 1.165) is 18.4 Å². The number of carbonyl (C=O) groups excluding carboxylic acids is 1. The third kappa shape index (κ3) is 6.75. The van der Waals surface area contributed by atoms with Gasteiger partial charge in [0, 0.05) is 51.0 Å². The molecule has 3 aromatic heterocycles. The number of hydrogen-bond donors (Lipinski definition) is 3. The highest BCUT2D eigenvalue weighted by atomic mass is 19.4. The van der Waals surface area contributed by atoms with Gasteiger partial charge >= 0.3 is 6.18 Å². The number of anilines is 3. The molecule has 0 bridgehead atoms. The van der Waals surface area contributed by atoms with Crippen molar-refractivity contribution in [3.05, 3.63) is 54.2 Å². The molecule has 3 N–H and O–H groups in total. The number of nitrogens with one attached hydrogen (secondary N) is 3. The maximum absolute atomic E-state index is 15.1. The first-order valence-electron chi connectivity index (χ1n) is 13.7. The zero-order valence-corrected chi connectivity index (χ0v) is 22.6. The maximum Gasteiger partial charge on any atom is 0.397 e. The molecule has 1 aliphatic carbocycles. The number of alkyl halides is 3. The summed E-state index contributed by atoms with van der Waals surface area (Å²) in [5.74, 6) is 0.404. The summed E-state index contributed by atoms with van der Waals surface area (Å²) in [5.41, 5.74) is 3.11. The summed E-state index contributed by atoms with van der Waals surface area (Å²) in [5, 5.41) is 6.24. The second-order valence-corrected chi connectivity index (χ2v) is 10.6. The number of halogens is 4. The molecule has 1 aliphatic heterocycles. The lowest BCUT2D eigenvalue weighted by atomic mass is 10.1. The molecule has 0 radical (unpaired) electrons. The van der Waals surface area contributed by atoms with Gasteiger partial charge in [-0.2, -0.15) is 13.2 Å². The van der Waals surface area contributed by atoms with Gasteiger partial charge in [0.25, 0.3) is 0 Å². The Kier molecular flexibility index (Phi) is 7.62. The normalized spacial score (nSPS) is 16.1. The van der Waals surface area contributed by atoms with Crippen LogP contribution in [0.15, 0.2) is 42.9 Å². The Labute approximate surface area is 238 Å². The first kappa shape index (κ1) is 27.8. The molecule has 10 nitrogen and oxygen atoms in total. The predicted molar refractivity (Wildman–Crippen MR) is 148 cm³/mol. The minimum absolute atomic E-state index is 0.196. The second-order valence-electron chi connectivity index (χ2n) is 10.6. The van der Waals surface area contributed by atoms with Crippen LogP contribution in [0, 0.1) is 11.7 Å². The van der Waals surface area contributed by atoms with Crippen LogP contribution in [0.5, 0.6) is 0 Å². The van der Waals surface area contributed by atoms with Crippen molar-refractivity contribution in [3.63, 3.8) is 0 Å². The standard InChI is InChI=1S/C28H29F4N9O/c29-24-25(35-16-36-26(24)34-14-17-1-2-17)19-3-4-20-21(12-19)38-27(37-20)39-22-11-18(5-6-33-22)15-40-7-9-41(10-8-40)23(42)13-28(30,31)32/h3-6,11-12,16-17H,1-2,7-10,13-15H2,(H,34,35,36)(H2,33,37,38,39). The van der Waals surface area contributed by atoms with E-state index in [4.69, 9.17) is 0 Å². The van der Waals surface area contributed by atoms with Crippen molar-refractivity contribution in [2.24, 2.45) is 5.92 Å². The average molecular weight is 584 g/mol. The van der Waals surface area contributed by atoms with Gasteiger partial charge in [-0.15, -0.1) is 0 Å². The number of aromatic nitrogens is 5. The molecule has 42 heavy (non-hydrogen) atoms. The van der Waals surface area contributed by atoms with Gasteiger partial charge in [0.2, 0.25) is 11.9 Å². The van der Waals surface area contributed by atoms with E-state index in [1.807, 2.05) is 12.1 Å². The van der Waals surface area contributed by atoms with Gasteiger partial charge < -0.3 is 20.5 Å². The number of H-pyrrole nitrogens is 1. The smallest absolute Gasteiger partial charge is 0.367 e. The fourth-order valence-electron chi connectivity index (χ4n) is 4.93. The summed E-state index contributed by atoms with van der Waals surface area (Å²) < 4.78 is 52.8. The van der Waals surface area contributed by atoms with Gasteiger partial charge in [0.05, 0.1) is 11.0 Å². The van der Waals surface area contributed by atoms with Crippen molar-refractivity contribution >= 4 is 34.5 Å². The van der Waals surface area contributed by atoms with E-state index >= 15 is 4.39 Å². The number of benzene rings is 1. The Hall–Kier alpha value is -4.33. The van der Waals surface area contributed by atoms with Gasteiger partial charge in [-0.3, -0.25) is 9.69 Å². The van der Waals surface area contributed by atoms with E-state index in [1.54, 1.807) is 24.4 Å². The molecular weight excluding hydrogens is 554 g/mol. The molecule has 1 saturated carbocycles. The van der Waals surface area contributed by atoms with E-state index in [9.17, 15) is 18.0 Å². The Morgan fingerprint density at radius 2 is 1.86 bits per heavy atom. The van der Waals surface area contributed by atoms with E-state index in [2.05, 4.69) is 40.5 Å². The lowest BCUT2D eigenvalue weighted by molar-refractivity contribution is -0.162. The summed E-state index contributed by atoms with van der Waals surface area (Å²) in [6, 6.07) is 9.06. The number of fused-ring (bicyclic) bond motifs is 1. The fourth-order valence-corrected chi connectivity index (χ4v) is 4.93. The molecule has 6 rings (SSSR count). The minimum atomic E-state index is -4.50. The number of pyridine rings is 1. The highest BCUT2D eigenvalue weighted by Crippen LogP contribution is 2.31. The van der Waals surface area contributed by atoms with Crippen molar-refractivity contribution in [3.8, 4) is 11.3 Å². The first-order valence-corrected chi connectivity index (χ1v) is 13.7. The Balaban J connectivity index is 1.09. The van der Waals surface area contributed by atoms with Crippen LogP contribution >= 0.6 is 0 Å². The number of amides is 1. The highest BCUT2D eigenvalue weighted by molar-refractivity contribution is 5.83. The summed E-state index contributed by atoms with van der Waals surface area (Å²) in [6.45, 7) is 2.72. The molecule has 4 heterocycles. The van der Waals surface area contributed by atoms with Crippen LogP contribution in [0.3, 0.4) is 0 Å². The number of nitrogens with zero attached hydrogens (tertiary/aromatic N) is 6. The summed E-state index contributed by atoms with van der Waals surface area (Å²) in [7, 11) is 0. The Bertz CT molecular complexity index is 1580. The van der Waals surface area contributed by atoms with Crippen LogP contribution in [0.25, 0.3) is 22.3 Å². The van der Waals surface area contributed by atoms with Gasteiger partial charge in [-0.1, -0.05) is 6.07 Å². The zero-order valence-electron chi connectivity index (χ0n) is 22.6. The topological polar surface area (TPSA) is 115 Å². The maximum atomic E-state index is 15.1. The molecule has 0 spiro atoms. The Morgan fingerprint density at radius 1 is 1.05 bits per heavy atom. The van der Waals surface area contributed by atoms with Crippen LogP contribution in [-0.4, -0.2) is 79.5 Å². The van der Waals surface area contributed by atoms with E-state index in [0.29, 0.717) is 60.5 Å². The largest absolute Gasteiger partial charge is 0.397 e. The lowest BCUT2D eigenvalue weighted by Crippen LogP contribution is -2.49. The van der Waals surface area contributed by atoms with E-state index in [-0.39, 0.29) is 24.6 Å². The van der Waals surface area contributed by atoms with Crippen molar-refractivity contribution in [2.45, 2.75) is 32.0 Å². The van der Waals surface area contributed by atoms with Crippen molar-refractivity contribution in [2.75, 3.05) is 43.4 Å².